The Balaban J connectivity index is 1.93. The molecule has 0 aliphatic heterocycles. The van der Waals surface area contributed by atoms with Gasteiger partial charge in [0, 0.05) is 0 Å². The third kappa shape index (κ3) is 3.73. The van der Waals surface area contributed by atoms with Gasteiger partial charge in [-0.15, -0.1) is 0 Å². The lowest BCUT2D eigenvalue weighted by atomic mass is 10.1. The Hall–Kier alpha value is -2.04. The molecule has 0 unspecified atom stereocenters. The minimum absolute atomic E-state index is 0.276. The van der Waals surface area contributed by atoms with Crippen LogP contribution in [0.4, 0.5) is 0 Å². The molecule has 0 saturated heterocycles. The van der Waals surface area contributed by atoms with Gasteiger partial charge in [0.25, 0.3) is 0 Å². The quantitative estimate of drug-likeness (QED) is 0.848. The summed E-state index contributed by atoms with van der Waals surface area (Å²) in [6.07, 6.45) is -0.827. The number of rotatable bonds is 6. The molecule has 2 rings (SSSR count). The molecule has 0 spiro atoms. The first-order chi connectivity index (χ1) is 9.72. The third-order valence-corrected chi connectivity index (χ3v) is 3.00. The van der Waals surface area contributed by atoms with Crippen molar-refractivity contribution in [2.45, 2.75) is 12.7 Å². The van der Waals surface area contributed by atoms with E-state index in [0.717, 1.165) is 17.1 Å². The molecule has 4 nitrogen and oxygen atoms in total. The second kappa shape index (κ2) is 6.93. The zero-order valence-corrected chi connectivity index (χ0v) is 11.3. The molecule has 0 saturated carbocycles. The molecule has 2 N–H and O–H groups in total. The Morgan fingerprint density at radius 1 is 0.950 bits per heavy atom. The second-order valence-corrected chi connectivity index (χ2v) is 4.40. The van der Waals surface area contributed by atoms with Crippen LogP contribution in [0.2, 0.25) is 0 Å². The van der Waals surface area contributed by atoms with E-state index in [0.29, 0.717) is 12.2 Å². The number of aliphatic hydroxyl groups excluding tert-OH is 2. The molecule has 0 aliphatic carbocycles. The van der Waals surface area contributed by atoms with Gasteiger partial charge in [0.05, 0.1) is 13.7 Å². The summed E-state index contributed by atoms with van der Waals surface area (Å²) in [5, 5.41) is 18.4. The van der Waals surface area contributed by atoms with Gasteiger partial charge in [-0.1, -0.05) is 24.3 Å². The normalized spacial score (nSPS) is 11.9. The fourth-order valence-corrected chi connectivity index (χ4v) is 1.78. The van der Waals surface area contributed by atoms with Gasteiger partial charge in [0.2, 0.25) is 0 Å². The van der Waals surface area contributed by atoms with Crippen molar-refractivity contribution in [1.29, 1.82) is 0 Å². The number of benzene rings is 2. The number of ether oxygens (including phenoxy) is 2. The highest BCUT2D eigenvalue weighted by molar-refractivity contribution is 5.31. The highest BCUT2D eigenvalue weighted by atomic mass is 16.5. The number of aliphatic hydroxyl groups is 2. The molecule has 0 bridgehead atoms. The fraction of sp³-hybridized carbons (Fsp3) is 0.250. The SMILES string of the molecule is COc1ccc(OCc2ccc([C@@H](O)CO)cc2)cc1. The van der Waals surface area contributed by atoms with Crippen LogP contribution in [0.3, 0.4) is 0 Å². The number of methoxy groups -OCH3 is 1. The molecule has 20 heavy (non-hydrogen) atoms. The minimum atomic E-state index is -0.827. The van der Waals surface area contributed by atoms with Crippen molar-refractivity contribution in [2.75, 3.05) is 13.7 Å². The van der Waals surface area contributed by atoms with Gasteiger partial charge < -0.3 is 19.7 Å². The zero-order chi connectivity index (χ0) is 14.4. The first kappa shape index (κ1) is 14.4. The van der Waals surface area contributed by atoms with E-state index in [1.807, 2.05) is 36.4 Å². The molecule has 106 valence electrons. The van der Waals surface area contributed by atoms with E-state index in [2.05, 4.69) is 0 Å². The number of hydrogen-bond donors (Lipinski definition) is 2. The second-order valence-electron chi connectivity index (χ2n) is 4.40. The first-order valence-electron chi connectivity index (χ1n) is 6.37. The summed E-state index contributed by atoms with van der Waals surface area (Å²) in [6.45, 7) is 0.170. The maximum Gasteiger partial charge on any atom is 0.120 e. The standard InChI is InChI=1S/C16H18O4/c1-19-14-6-8-15(9-7-14)20-11-12-2-4-13(5-3-12)16(18)10-17/h2-9,16-18H,10-11H2,1H3/t16-/m0/s1. The molecular weight excluding hydrogens is 256 g/mol. The monoisotopic (exact) mass is 274 g/mol. The van der Waals surface area contributed by atoms with E-state index in [-0.39, 0.29) is 6.61 Å². The summed E-state index contributed by atoms with van der Waals surface area (Å²) in [5.74, 6) is 1.56. The number of hydrogen-bond acceptors (Lipinski definition) is 4. The lowest BCUT2D eigenvalue weighted by Crippen LogP contribution is -2.02. The van der Waals surface area contributed by atoms with Crippen LogP contribution >= 0.6 is 0 Å². The van der Waals surface area contributed by atoms with Crippen LogP contribution in [0, 0.1) is 0 Å². The van der Waals surface area contributed by atoms with Crippen LogP contribution in [-0.4, -0.2) is 23.9 Å². The fourth-order valence-electron chi connectivity index (χ4n) is 1.78. The van der Waals surface area contributed by atoms with Crippen LogP contribution in [0.1, 0.15) is 17.2 Å². The summed E-state index contributed by atoms with van der Waals surface area (Å²) in [6, 6.07) is 14.7. The van der Waals surface area contributed by atoms with Crippen molar-refractivity contribution in [3.8, 4) is 11.5 Å². The highest BCUT2D eigenvalue weighted by Crippen LogP contribution is 2.19. The van der Waals surface area contributed by atoms with E-state index in [4.69, 9.17) is 14.6 Å². The summed E-state index contributed by atoms with van der Waals surface area (Å²) < 4.78 is 10.7. The average molecular weight is 274 g/mol. The molecule has 4 heteroatoms. The van der Waals surface area contributed by atoms with Crippen LogP contribution in [0.15, 0.2) is 48.5 Å². The van der Waals surface area contributed by atoms with E-state index in [1.54, 1.807) is 19.2 Å². The maximum atomic E-state index is 9.48. The van der Waals surface area contributed by atoms with Crippen LogP contribution in [0.5, 0.6) is 11.5 Å². The largest absolute Gasteiger partial charge is 0.497 e. The molecule has 0 aromatic heterocycles. The highest BCUT2D eigenvalue weighted by Gasteiger charge is 2.05. The van der Waals surface area contributed by atoms with Gasteiger partial charge in [-0.05, 0) is 35.4 Å². The molecule has 2 aromatic rings. The lowest BCUT2D eigenvalue weighted by molar-refractivity contribution is 0.0956. The Bertz CT molecular complexity index is 519. The van der Waals surface area contributed by atoms with Crippen molar-refractivity contribution >= 4 is 0 Å². The molecule has 0 amide bonds. The third-order valence-electron chi connectivity index (χ3n) is 3.00. The summed E-state index contributed by atoms with van der Waals surface area (Å²) in [4.78, 5) is 0. The van der Waals surface area contributed by atoms with Crippen molar-refractivity contribution in [3.05, 3.63) is 59.7 Å². The molecular formula is C16H18O4. The molecule has 0 aliphatic rings. The zero-order valence-electron chi connectivity index (χ0n) is 11.3. The molecule has 0 heterocycles. The summed E-state index contributed by atoms with van der Waals surface area (Å²) in [5.41, 5.74) is 1.69. The minimum Gasteiger partial charge on any atom is -0.497 e. The van der Waals surface area contributed by atoms with E-state index in [1.165, 1.54) is 0 Å². The van der Waals surface area contributed by atoms with Gasteiger partial charge in [-0.25, -0.2) is 0 Å². The van der Waals surface area contributed by atoms with Gasteiger partial charge in [-0.2, -0.15) is 0 Å². The van der Waals surface area contributed by atoms with Gasteiger partial charge in [0.1, 0.15) is 24.2 Å². The Kier molecular flexibility index (Phi) is 4.98. The van der Waals surface area contributed by atoms with Gasteiger partial charge in [0.15, 0.2) is 0 Å². The topological polar surface area (TPSA) is 58.9 Å². The van der Waals surface area contributed by atoms with Crippen LogP contribution < -0.4 is 9.47 Å². The smallest absolute Gasteiger partial charge is 0.120 e. The van der Waals surface area contributed by atoms with E-state index < -0.39 is 6.10 Å². The van der Waals surface area contributed by atoms with Gasteiger partial charge >= 0.3 is 0 Å². The Morgan fingerprint density at radius 3 is 2.10 bits per heavy atom. The molecule has 0 radical (unpaired) electrons. The van der Waals surface area contributed by atoms with Crippen molar-refractivity contribution < 1.29 is 19.7 Å². The predicted octanol–water partition coefficient (Wildman–Crippen LogP) is 2.30. The summed E-state index contributed by atoms with van der Waals surface area (Å²) in [7, 11) is 1.62. The average Bonchev–Trinajstić information content (AvgIpc) is 2.53. The summed E-state index contributed by atoms with van der Waals surface area (Å²) >= 11 is 0. The van der Waals surface area contributed by atoms with Crippen LogP contribution in [0.25, 0.3) is 0 Å². The van der Waals surface area contributed by atoms with E-state index in [9.17, 15) is 5.11 Å². The first-order valence-corrected chi connectivity index (χ1v) is 6.37. The van der Waals surface area contributed by atoms with Crippen LogP contribution in [-0.2, 0) is 6.61 Å². The van der Waals surface area contributed by atoms with Gasteiger partial charge in [-0.3, -0.25) is 0 Å². The van der Waals surface area contributed by atoms with Crippen molar-refractivity contribution in [1.82, 2.24) is 0 Å². The molecule has 2 aromatic carbocycles. The molecule has 1 atom stereocenters. The van der Waals surface area contributed by atoms with Crippen molar-refractivity contribution in [3.63, 3.8) is 0 Å². The predicted molar refractivity (Wildman–Crippen MR) is 75.8 cm³/mol. The lowest BCUT2D eigenvalue weighted by Gasteiger charge is -2.10. The Labute approximate surface area is 118 Å². The molecule has 0 fully saturated rings. The van der Waals surface area contributed by atoms with E-state index >= 15 is 0 Å². The van der Waals surface area contributed by atoms with Crippen molar-refractivity contribution in [2.24, 2.45) is 0 Å². The maximum absolute atomic E-state index is 9.48. The Morgan fingerprint density at radius 2 is 1.55 bits per heavy atom.